The van der Waals surface area contributed by atoms with Crippen molar-refractivity contribution in [1.82, 2.24) is 0 Å². The zero-order chi connectivity index (χ0) is 66.1. The average molecular weight is 1270 g/mol. The first-order chi connectivity index (χ1) is 44.6. The lowest BCUT2D eigenvalue weighted by atomic mass is 10.0. The zero-order valence-electron chi connectivity index (χ0n) is 59.2. The molecule has 0 aliphatic rings. The molecule has 0 spiro atoms. The van der Waals surface area contributed by atoms with Gasteiger partial charge in [-0.3, -0.25) is 9.59 Å². The molecule has 9 heteroatoms. The second-order valence-electron chi connectivity index (χ2n) is 25.5. The van der Waals surface area contributed by atoms with E-state index in [2.05, 4.69) is 160 Å². The first-order valence-corrected chi connectivity index (χ1v) is 37.0. The molecule has 0 aromatic rings. The molecule has 0 amide bonds. The fourth-order valence-corrected chi connectivity index (χ4v) is 10.0. The van der Waals surface area contributed by atoms with Crippen LogP contribution in [0, 0.1) is 0 Å². The molecule has 0 heterocycles. The normalized spacial score (nSPS) is 13.5. The second-order valence-corrected chi connectivity index (χ2v) is 25.5. The molecule has 0 aromatic carbocycles. The molecule has 9 nitrogen and oxygen atoms in total. The fourth-order valence-electron chi connectivity index (χ4n) is 10.0. The number of aliphatic carboxylic acids is 1. The molecular formula is C82H138NO8+. The van der Waals surface area contributed by atoms with Crippen molar-refractivity contribution in [3.05, 3.63) is 146 Å². The van der Waals surface area contributed by atoms with Crippen LogP contribution < -0.4 is 0 Å². The largest absolute Gasteiger partial charge is 0.477 e. The van der Waals surface area contributed by atoms with Gasteiger partial charge in [-0.05, 0) is 116 Å². The van der Waals surface area contributed by atoms with Crippen molar-refractivity contribution in [1.29, 1.82) is 0 Å². The molecule has 0 saturated heterocycles. The lowest BCUT2D eigenvalue weighted by Gasteiger charge is -2.25. The van der Waals surface area contributed by atoms with Crippen LogP contribution in [-0.4, -0.2) is 87.4 Å². The number of carbonyl (C=O) groups excluding carboxylic acids is 2. The highest BCUT2D eigenvalue weighted by molar-refractivity contribution is 5.71. The van der Waals surface area contributed by atoms with Gasteiger partial charge in [0.05, 0.1) is 34.4 Å². The van der Waals surface area contributed by atoms with Crippen LogP contribution in [-0.2, 0) is 33.3 Å². The Morgan fingerprint density at radius 1 is 0.330 bits per heavy atom. The quantitative estimate of drug-likeness (QED) is 0.0211. The van der Waals surface area contributed by atoms with Gasteiger partial charge < -0.3 is 28.5 Å². The number of carbonyl (C=O) groups is 3. The Balaban J connectivity index is 4.11. The molecule has 91 heavy (non-hydrogen) atoms. The van der Waals surface area contributed by atoms with Gasteiger partial charge in [0.1, 0.15) is 13.2 Å². The van der Waals surface area contributed by atoms with Crippen LogP contribution >= 0.6 is 0 Å². The summed E-state index contributed by atoms with van der Waals surface area (Å²) in [6.07, 6.45) is 101. The Morgan fingerprint density at radius 3 is 0.879 bits per heavy atom. The van der Waals surface area contributed by atoms with Gasteiger partial charge in [-0.1, -0.05) is 314 Å². The van der Waals surface area contributed by atoms with Crippen molar-refractivity contribution in [2.24, 2.45) is 0 Å². The summed E-state index contributed by atoms with van der Waals surface area (Å²) in [5.41, 5.74) is 0. The van der Waals surface area contributed by atoms with Crippen molar-refractivity contribution in [3.8, 4) is 0 Å². The standard InChI is InChI=1S/C82H137NO8/c1-6-8-10-12-14-16-18-20-22-24-26-28-30-32-34-36-38-39-40-41-43-45-47-49-51-53-55-57-59-61-63-65-67-69-71-73-80(85)91-78(77-90-82(81(86)87)88-75-74-83(3,4)5)76-89-79(84)72-70-68-66-64-62-60-58-56-54-52-50-48-46-44-42-37-35-33-31-29-27-25-23-21-19-17-15-13-11-9-7-2/h8-11,14-17,20-23,26-29,32-35,38-39,42,44,78,82H,6-7,12-13,18-19,24-25,30-31,36-37,40-41,43,45-77H2,1-5H3/p+1/b10-8-,11-9-,16-14-,17-15-,22-20-,23-21-,28-26-,29-27-,34-32-,35-33-,39-38-,44-42-. The minimum absolute atomic E-state index is 0.182. The van der Waals surface area contributed by atoms with Crippen LogP contribution in [0.3, 0.4) is 0 Å². The third kappa shape index (κ3) is 72.5. The number of nitrogens with zero attached hydrogens (tertiary/aromatic N) is 1. The molecule has 0 aromatic heterocycles. The number of esters is 2. The van der Waals surface area contributed by atoms with Crippen molar-refractivity contribution >= 4 is 17.9 Å². The Hall–Kier alpha value is -4.83. The number of hydrogen-bond donors (Lipinski definition) is 1. The van der Waals surface area contributed by atoms with Gasteiger partial charge >= 0.3 is 17.9 Å². The Bertz CT molecular complexity index is 2010. The molecule has 0 saturated carbocycles. The summed E-state index contributed by atoms with van der Waals surface area (Å²) in [5.74, 6) is -2.01. The summed E-state index contributed by atoms with van der Waals surface area (Å²) in [5, 5.41) is 9.76. The number of carboxylic acids is 1. The van der Waals surface area contributed by atoms with E-state index in [1.807, 2.05) is 21.1 Å². The van der Waals surface area contributed by atoms with E-state index in [4.69, 9.17) is 18.9 Å². The summed E-state index contributed by atoms with van der Waals surface area (Å²) in [6.45, 7) is 4.66. The van der Waals surface area contributed by atoms with Crippen molar-refractivity contribution in [2.45, 2.75) is 309 Å². The summed E-state index contributed by atoms with van der Waals surface area (Å²) < 4.78 is 23.0. The average Bonchev–Trinajstić information content (AvgIpc) is 3.46. The van der Waals surface area contributed by atoms with E-state index >= 15 is 0 Å². The van der Waals surface area contributed by atoms with Gasteiger partial charge in [0.2, 0.25) is 0 Å². The monoisotopic (exact) mass is 1270 g/mol. The number of quaternary nitrogens is 1. The molecule has 0 aliphatic heterocycles. The van der Waals surface area contributed by atoms with Crippen LogP contribution in [0.5, 0.6) is 0 Å². The molecule has 518 valence electrons. The summed E-state index contributed by atoms with van der Waals surface area (Å²) in [7, 11) is 5.98. The minimum atomic E-state index is -1.52. The van der Waals surface area contributed by atoms with E-state index in [9.17, 15) is 19.5 Å². The van der Waals surface area contributed by atoms with E-state index in [1.165, 1.54) is 154 Å². The van der Waals surface area contributed by atoms with E-state index in [0.29, 0.717) is 23.9 Å². The second kappa shape index (κ2) is 71.0. The third-order valence-corrected chi connectivity index (χ3v) is 15.6. The number of rotatable bonds is 67. The Labute approximate surface area is 560 Å². The molecule has 1 N–H and O–H groups in total. The summed E-state index contributed by atoms with van der Waals surface area (Å²) >= 11 is 0. The third-order valence-electron chi connectivity index (χ3n) is 15.6. The maximum Gasteiger partial charge on any atom is 0.361 e. The predicted molar refractivity (Wildman–Crippen MR) is 391 cm³/mol. The molecule has 0 aliphatic carbocycles. The molecular weight excluding hydrogens is 1130 g/mol. The predicted octanol–water partition coefficient (Wildman–Crippen LogP) is 23.5. The van der Waals surface area contributed by atoms with Crippen LogP contribution in [0.25, 0.3) is 0 Å². The van der Waals surface area contributed by atoms with E-state index < -0.39 is 24.3 Å². The van der Waals surface area contributed by atoms with Crippen LogP contribution in [0.15, 0.2) is 146 Å². The Morgan fingerprint density at radius 2 is 0.593 bits per heavy atom. The SMILES string of the molecule is CC/C=C\C/C=C\C/C=C\C/C=C\C/C=C\C/C=C\CCCCCCCCCCCCCCCCCCC(=O)OC(COC(=O)CCCCCCCCCCCCCC/C=C\C/C=C\C/C=C\C/C=C\C/C=C\C/C=C\CC)COC(OCC[N+](C)(C)C)C(=O)O. The van der Waals surface area contributed by atoms with Crippen LogP contribution in [0.4, 0.5) is 0 Å². The molecule has 0 fully saturated rings. The number of ether oxygens (including phenoxy) is 4. The first kappa shape index (κ1) is 86.2. The smallest absolute Gasteiger partial charge is 0.361 e. The van der Waals surface area contributed by atoms with E-state index in [0.717, 1.165) is 109 Å². The topological polar surface area (TPSA) is 108 Å². The Kier molecular flexibility index (Phi) is 67.3. The number of hydrogen-bond acceptors (Lipinski definition) is 7. The van der Waals surface area contributed by atoms with Gasteiger partial charge in [0.25, 0.3) is 6.29 Å². The fraction of sp³-hybridized carbons (Fsp3) is 0.671. The number of allylic oxidation sites excluding steroid dienone is 24. The molecule has 0 rings (SSSR count). The van der Waals surface area contributed by atoms with Gasteiger partial charge in [0, 0.05) is 12.8 Å². The molecule has 0 radical (unpaired) electrons. The summed E-state index contributed by atoms with van der Waals surface area (Å²) in [4.78, 5) is 37.7. The lowest BCUT2D eigenvalue weighted by Crippen LogP contribution is -2.40. The first-order valence-electron chi connectivity index (χ1n) is 37.0. The maximum atomic E-state index is 13.0. The maximum absolute atomic E-state index is 13.0. The number of unbranched alkanes of at least 4 members (excludes halogenated alkanes) is 28. The van der Waals surface area contributed by atoms with Crippen LogP contribution in [0.2, 0.25) is 0 Å². The van der Waals surface area contributed by atoms with Gasteiger partial charge in [0.15, 0.2) is 6.10 Å². The number of carboxylic acid groups (broad SMARTS) is 1. The van der Waals surface area contributed by atoms with Gasteiger partial charge in [-0.15, -0.1) is 0 Å². The van der Waals surface area contributed by atoms with Gasteiger partial charge in [-0.2, -0.15) is 0 Å². The minimum Gasteiger partial charge on any atom is -0.477 e. The number of likely N-dealkylation sites (N-methyl/N-ethyl adjacent to an activating group) is 1. The van der Waals surface area contributed by atoms with E-state index in [-0.39, 0.29) is 32.2 Å². The van der Waals surface area contributed by atoms with E-state index in [1.54, 1.807) is 0 Å². The van der Waals surface area contributed by atoms with Gasteiger partial charge in [-0.25, -0.2) is 4.79 Å². The van der Waals surface area contributed by atoms with Crippen molar-refractivity contribution in [2.75, 3.05) is 47.5 Å². The zero-order valence-corrected chi connectivity index (χ0v) is 59.2. The van der Waals surface area contributed by atoms with Crippen molar-refractivity contribution < 1.29 is 42.9 Å². The lowest BCUT2D eigenvalue weighted by molar-refractivity contribution is -0.870. The highest BCUT2D eigenvalue weighted by atomic mass is 16.7. The summed E-state index contributed by atoms with van der Waals surface area (Å²) in [6, 6.07) is 0. The van der Waals surface area contributed by atoms with Crippen LogP contribution in [0.1, 0.15) is 296 Å². The molecule has 2 unspecified atom stereocenters. The van der Waals surface area contributed by atoms with Crippen molar-refractivity contribution in [3.63, 3.8) is 0 Å². The molecule has 0 bridgehead atoms. The molecule has 2 atom stereocenters. The highest BCUT2D eigenvalue weighted by Gasteiger charge is 2.25. The highest BCUT2D eigenvalue weighted by Crippen LogP contribution is 2.17.